The molecule has 126 valence electrons. The maximum atomic E-state index is 12.8. The van der Waals surface area contributed by atoms with Crippen LogP contribution in [0.4, 0.5) is 4.39 Å². The number of amides is 1. The topological polar surface area (TPSA) is 38.8 Å². The predicted octanol–water partition coefficient (Wildman–Crippen LogP) is 2.94. The van der Waals surface area contributed by atoms with Crippen LogP contribution in [0.3, 0.4) is 0 Å². The average Bonchev–Trinajstić information content (AvgIpc) is 2.54. The number of benzene rings is 2. The summed E-state index contributed by atoms with van der Waals surface area (Å²) >= 11 is 0. The molecule has 3 rings (SSSR count). The molecule has 0 aliphatic carbocycles. The summed E-state index contributed by atoms with van der Waals surface area (Å²) in [6.45, 7) is 3.72. The zero-order valence-electron chi connectivity index (χ0n) is 13.6. The van der Waals surface area contributed by atoms with E-state index in [-0.39, 0.29) is 24.4 Å². The number of likely N-dealkylation sites (tertiary alicyclic amines) is 1. The number of aryl methyl sites for hydroxylation is 1. The van der Waals surface area contributed by atoms with Crippen molar-refractivity contribution >= 4 is 5.91 Å². The molecule has 0 radical (unpaired) electrons. The highest BCUT2D eigenvalue weighted by atomic mass is 19.1. The molecule has 0 spiro atoms. The van der Waals surface area contributed by atoms with E-state index in [4.69, 9.17) is 9.47 Å². The van der Waals surface area contributed by atoms with Crippen LogP contribution in [-0.2, 0) is 16.1 Å². The van der Waals surface area contributed by atoms with E-state index in [1.54, 1.807) is 4.90 Å². The first-order valence-electron chi connectivity index (χ1n) is 7.93. The molecule has 4 nitrogen and oxygen atoms in total. The van der Waals surface area contributed by atoms with Gasteiger partial charge in [-0.05, 0) is 36.8 Å². The van der Waals surface area contributed by atoms with Crippen LogP contribution in [0.25, 0.3) is 0 Å². The Morgan fingerprint density at radius 1 is 1.12 bits per heavy atom. The van der Waals surface area contributed by atoms with Crippen molar-refractivity contribution in [2.24, 2.45) is 0 Å². The number of hydrogen-bond donors (Lipinski definition) is 0. The van der Waals surface area contributed by atoms with E-state index in [2.05, 4.69) is 12.1 Å². The summed E-state index contributed by atoms with van der Waals surface area (Å²) in [4.78, 5) is 13.7. The molecule has 0 N–H and O–H groups in total. The fourth-order valence-corrected chi connectivity index (χ4v) is 2.41. The summed E-state index contributed by atoms with van der Waals surface area (Å²) in [5.41, 5.74) is 2.35. The first kappa shape index (κ1) is 16.5. The predicted molar refractivity (Wildman–Crippen MR) is 88.2 cm³/mol. The van der Waals surface area contributed by atoms with Crippen molar-refractivity contribution < 1.29 is 18.7 Å². The van der Waals surface area contributed by atoms with Crippen LogP contribution >= 0.6 is 0 Å². The molecule has 0 unspecified atom stereocenters. The summed E-state index contributed by atoms with van der Waals surface area (Å²) in [6, 6.07) is 13.8. The van der Waals surface area contributed by atoms with E-state index in [1.165, 1.54) is 29.8 Å². The van der Waals surface area contributed by atoms with Gasteiger partial charge in [-0.3, -0.25) is 4.79 Å². The molecule has 1 heterocycles. The van der Waals surface area contributed by atoms with Crippen LogP contribution in [0.1, 0.15) is 11.1 Å². The number of halogens is 1. The van der Waals surface area contributed by atoms with Crippen molar-refractivity contribution in [1.29, 1.82) is 0 Å². The third-order valence-electron chi connectivity index (χ3n) is 3.98. The summed E-state index contributed by atoms with van der Waals surface area (Å²) in [6.07, 6.45) is 0.0704. The Bertz CT molecular complexity index is 679. The minimum Gasteiger partial charge on any atom is -0.484 e. The van der Waals surface area contributed by atoms with Gasteiger partial charge in [-0.25, -0.2) is 4.39 Å². The smallest absolute Gasteiger partial charge is 0.260 e. The molecule has 1 saturated heterocycles. The van der Waals surface area contributed by atoms with Crippen LogP contribution in [0.5, 0.6) is 5.75 Å². The molecule has 0 atom stereocenters. The summed E-state index contributed by atoms with van der Waals surface area (Å²) in [5, 5.41) is 0. The van der Waals surface area contributed by atoms with Gasteiger partial charge in [-0.2, -0.15) is 0 Å². The van der Waals surface area contributed by atoms with Gasteiger partial charge >= 0.3 is 0 Å². The molecular weight excluding hydrogens is 309 g/mol. The first-order chi connectivity index (χ1) is 11.6. The largest absolute Gasteiger partial charge is 0.484 e. The van der Waals surface area contributed by atoms with E-state index in [0.717, 1.165) is 5.56 Å². The summed E-state index contributed by atoms with van der Waals surface area (Å²) < 4.78 is 23.9. The number of carbonyl (C=O) groups excluding carboxylic acids is 1. The molecule has 0 saturated carbocycles. The van der Waals surface area contributed by atoms with Gasteiger partial charge in [0.1, 0.15) is 11.6 Å². The number of rotatable bonds is 6. The molecule has 0 bridgehead atoms. The maximum Gasteiger partial charge on any atom is 0.260 e. The van der Waals surface area contributed by atoms with Crippen LogP contribution in [0.15, 0.2) is 48.5 Å². The zero-order chi connectivity index (χ0) is 16.9. The van der Waals surface area contributed by atoms with Crippen molar-refractivity contribution in [3.05, 3.63) is 65.5 Å². The van der Waals surface area contributed by atoms with Gasteiger partial charge in [0, 0.05) is 13.1 Å². The second-order valence-electron chi connectivity index (χ2n) is 5.96. The Morgan fingerprint density at radius 2 is 1.79 bits per heavy atom. The maximum absolute atomic E-state index is 12.8. The quantitative estimate of drug-likeness (QED) is 0.818. The van der Waals surface area contributed by atoms with Crippen LogP contribution in [0, 0.1) is 12.7 Å². The molecule has 1 aliphatic rings. The lowest BCUT2D eigenvalue weighted by Crippen LogP contribution is -2.55. The fraction of sp³-hybridized carbons (Fsp3) is 0.316. The van der Waals surface area contributed by atoms with Gasteiger partial charge in [0.25, 0.3) is 5.91 Å². The van der Waals surface area contributed by atoms with Crippen molar-refractivity contribution in [3.63, 3.8) is 0 Å². The van der Waals surface area contributed by atoms with Gasteiger partial charge in [0.15, 0.2) is 6.61 Å². The minimum absolute atomic E-state index is 0.0453. The summed E-state index contributed by atoms with van der Waals surface area (Å²) in [5.74, 6) is 0.0666. The van der Waals surface area contributed by atoms with Crippen molar-refractivity contribution in [1.82, 2.24) is 4.90 Å². The molecule has 2 aromatic rings. The number of nitrogens with zero attached hydrogens (tertiary/aromatic N) is 1. The molecular formula is C19H20FNO3. The molecule has 1 fully saturated rings. The number of carbonyl (C=O) groups is 1. The zero-order valence-corrected chi connectivity index (χ0v) is 13.6. The van der Waals surface area contributed by atoms with Gasteiger partial charge in [-0.1, -0.05) is 29.8 Å². The van der Waals surface area contributed by atoms with Gasteiger partial charge in [0.05, 0.1) is 12.7 Å². The molecule has 1 aliphatic heterocycles. The van der Waals surface area contributed by atoms with Gasteiger partial charge in [0.2, 0.25) is 0 Å². The van der Waals surface area contributed by atoms with Gasteiger partial charge < -0.3 is 14.4 Å². The molecule has 0 aromatic heterocycles. The molecule has 24 heavy (non-hydrogen) atoms. The van der Waals surface area contributed by atoms with E-state index < -0.39 is 0 Å². The average molecular weight is 329 g/mol. The minimum atomic E-state index is -0.329. The second-order valence-corrected chi connectivity index (χ2v) is 5.96. The highest BCUT2D eigenvalue weighted by molar-refractivity contribution is 5.78. The van der Waals surface area contributed by atoms with E-state index in [1.807, 2.05) is 19.1 Å². The standard InChI is InChI=1S/C19H20FNO3/c1-14-2-4-15(5-3-14)12-23-18-10-21(11-18)19(22)13-24-17-8-6-16(20)7-9-17/h2-9,18H,10-13H2,1H3. The Balaban J connectivity index is 1.35. The van der Waals surface area contributed by atoms with E-state index in [9.17, 15) is 9.18 Å². The van der Waals surface area contributed by atoms with E-state index in [0.29, 0.717) is 25.4 Å². The molecule has 2 aromatic carbocycles. The Hall–Kier alpha value is -2.40. The lowest BCUT2D eigenvalue weighted by Gasteiger charge is -2.38. The molecule has 5 heteroatoms. The molecule has 1 amide bonds. The van der Waals surface area contributed by atoms with Crippen LogP contribution < -0.4 is 4.74 Å². The van der Waals surface area contributed by atoms with Crippen molar-refractivity contribution in [2.45, 2.75) is 19.6 Å². The fourth-order valence-electron chi connectivity index (χ4n) is 2.41. The third-order valence-corrected chi connectivity index (χ3v) is 3.98. The lowest BCUT2D eigenvalue weighted by atomic mass is 10.1. The Labute approximate surface area is 140 Å². The third kappa shape index (κ3) is 4.32. The second kappa shape index (κ2) is 7.45. The van der Waals surface area contributed by atoms with Crippen molar-refractivity contribution in [3.8, 4) is 5.75 Å². The Kier molecular flexibility index (Phi) is 5.11. The number of ether oxygens (including phenoxy) is 2. The number of hydrogen-bond acceptors (Lipinski definition) is 3. The Morgan fingerprint density at radius 3 is 2.46 bits per heavy atom. The highest BCUT2D eigenvalue weighted by Gasteiger charge is 2.31. The summed E-state index contributed by atoms with van der Waals surface area (Å²) in [7, 11) is 0. The van der Waals surface area contributed by atoms with Gasteiger partial charge in [-0.15, -0.1) is 0 Å². The van der Waals surface area contributed by atoms with Crippen LogP contribution in [0.2, 0.25) is 0 Å². The normalized spacial score (nSPS) is 14.3. The van der Waals surface area contributed by atoms with E-state index >= 15 is 0 Å². The SMILES string of the molecule is Cc1ccc(COC2CN(C(=O)COc3ccc(F)cc3)C2)cc1. The first-order valence-corrected chi connectivity index (χ1v) is 7.93. The monoisotopic (exact) mass is 329 g/mol. The van der Waals surface area contributed by atoms with Crippen LogP contribution in [-0.4, -0.2) is 36.6 Å². The van der Waals surface area contributed by atoms with Crippen molar-refractivity contribution in [2.75, 3.05) is 19.7 Å². The highest BCUT2D eigenvalue weighted by Crippen LogP contribution is 2.16. The lowest BCUT2D eigenvalue weighted by molar-refractivity contribution is -0.148.